The Morgan fingerprint density at radius 2 is 1.06 bits per heavy atom. The van der Waals surface area contributed by atoms with Crippen molar-refractivity contribution in [2.24, 2.45) is 0 Å². The van der Waals surface area contributed by atoms with E-state index >= 15 is 0 Å². The summed E-state index contributed by atoms with van der Waals surface area (Å²) in [4.78, 5) is 0. The van der Waals surface area contributed by atoms with Gasteiger partial charge in [0.15, 0.2) is 0 Å². The van der Waals surface area contributed by atoms with Crippen LogP contribution in [0.25, 0.3) is 0 Å². The Morgan fingerprint density at radius 1 is 0.576 bits per heavy atom. The number of benzene rings is 3. The number of hydrogen-bond donors (Lipinski definition) is 2. The summed E-state index contributed by atoms with van der Waals surface area (Å²) < 4.78 is 18.3. The van der Waals surface area contributed by atoms with Gasteiger partial charge in [-0.05, 0) is 28.3 Å². The van der Waals surface area contributed by atoms with Crippen molar-refractivity contribution in [2.75, 3.05) is 6.61 Å². The molecule has 0 saturated carbocycles. The summed E-state index contributed by atoms with van der Waals surface area (Å²) in [6.45, 7) is 1.37. The second-order valence-electron chi connectivity index (χ2n) is 8.18. The molecule has 0 amide bonds. The Bertz CT molecular complexity index is 991. The van der Waals surface area contributed by atoms with Crippen LogP contribution in [-0.4, -0.2) is 41.2 Å². The van der Waals surface area contributed by atoms with Crippen LogP contribution in [0, 0.1) is 0 Å². The van der Waals surface area contributed by atoms with Crippen molar-refractivity contribution in [1.82, 2.24) is 0 Å². The number of aliphatic hydroxyl groups excluding tert-OH is 2. The van der Waals surface area contributed by atoms with E-state index < -0.39 is 24.4 Å². The topological polar surface area (TPSA) is 68.2 Å². The Morgan fingerprint density at radius 3 is 1.61 bits per heavy atom. The van der Waals surface area contributed by atoms with Crippen molar-refractivity contribution in [3.8, 4) is 0 Å². The van der Waals surface area contributed by atoms with E-state index in [0.29, 0.717) is 19.8 Å². The lowest BCUT2D eigenvalue weighted by molar-refractivity contribution is -0.150. The fourth-order valence-corrected chi connectivity index (χ4v) is 3.90. The first kappa shape index (κ1) is 23.4. The Hall–Kier alpha value is -2.80. The standard InChI is InChI=1S/C28H30O5/c29-25-16-24(20-31-17-21-10-4-1-5-11-21)27(32-18-22-12-6-2-7-13-22)28(26(25)30)33-19-23-14-8-3-9-15-23/h1-16,25-30H,17-20H2/t25-,26+,27+,28+/m0/s1. The van der Waals surface area contributed by atoms with Crippen molar-refractivity contribution >= 4 is 0 Å². The third kappa shape index (κ3) is 6.60. The molecule has 3 aromatic carbocycles. The van der Waals surface area contributed by atoms with E-state index in [-0.39, 0.29) is 6.61 Å². The molecule has 5 nitrogen and oxygen atoms in total. The van der Waals surface area contributed by atoms with E-state index in [1.807, 2.05) is 91.0 Å². The van der Waals surface area contributed by atoms with Crippen molar-refractivity contribution in [1.29, 1.82) is 0 Å². The molecule has 3 aromatic rings. The molecule has 4 rings (SSSR count). The van der Waals surface area contributed by atoms with Gasteiger partial charge in [0.1, 0.15) is 24.4 Å². The van der Waals surface area contributed by atoms with Crippen LogP contribution in [0.15, 0.2) is 103 Å². The average molecular weight is 447 g/mol. The fraction of sp³-hybridized carbons (Fsp3) is 0.286. The van der Waals surface area contributed by atoms with Gasteiger partial charge < -0.3 is 24.4 Å². The van der Waals surface area contributed by atoms with E-state index in [9.17, 15) is 10.2 Å². The van der Waals surface area contributed by atoms with Gasteiger partial charge in [0.05, 0.1) is 26.4 Å². The van der Waals surface area contributed by atoms with Gasteiger partial charge in [-0.1, -0.05) is 91.0 Å². The van der Waals surface area contributed by atoms with Crippen LogP contribution < -0.4 is 0 Å². The summed E-state index contributed by atoms with van der Waals surface area (Å²) in [6.07, 6.45) is -1.81. The lowest BCUT2D eigenvalue weighted by Gasteiger charge is -2.38. The van der Waals surface area contributed by atoms with Crippen molar-refractivity contribution in [3.63, 3.8) is 0 Å². The monoisotopic (exact) mass is 446 g/mol. The summed E-state index contributed by atoms with van der Waals surface area (Å²) in [7, 11) is 0. The predicted octanol–water partition coefficient (Wildman–Crippen LogP) is 4.04. The van der Waals surface area contributed by atoms with Gasteiger partial charge in [0.25, 0.3) is 0 Å². The SMILES string of the molecule is O[C@H]1[C@@H](OCc2ccccc2)[C@H](OCc2ccccc2)C(COCc2ccccc2)=C[C@@H]1O. The highest BCUT2D eigenvalue weighted by atomic mass is 16.6. The van der Waals surface area contributed by atoms with Crippen LogP contribution in [0.4, 0.5) is 0 Å². The van der Waals surface area contributed by atoms with Crippen LogP contribution in [0.3, 0.4) is 0 Å². The molecule has 0 unspecified atom stereocenters. The lowest BCUT2D eigenvalue weighted by Crippen LogP contribution is -2.51. The molecular weight excluding hydrogens is 416 g/mol. The van der Waals surface area contributed by atoms with Crippen LogP contribution >= 0.6 is 0 Å². The van der Waals surface area contributed by atoms with Crippen molar-refractivity contribution < 1.29 is 24.4 Å². The van der Waals surface area contributed by atoms with Gasteiger partial charge >= 0.3 is 0 Å². The van der Waals surface area contributed by atoms with E-state index in [2.05, 4.69) is 0 Å². The molecule has 4 atom stereocenters. The molecule has 0 saturated heterocycles. The Labute approximate surface area is 194 Å². The molecule has 0 aliphatic heterocycles. The summed E-state index contributed by atoms with van der Waals surface area (Å²) in [6, 6.07) is 29.5. The largest absolute Gasteiger partial charge is 0.387 e. The minimum atomic E-state index is -1.10. The van der Waals surface area contributed by atoms with Crippen LogP contribution in [-0.2, 0) is 34.0 Å². The zero-order valence-corrected chi connectivity index (χ0v) is 18.5. The second kappa shape index (κ2) is 11.9. The first-order chi connectivity index (χ1) is 16.2. The van der Waals surface area contributed by atoms with Crippen LogP contribution in [0.5, 0.6) is 0 Å². The average Bonchev–Trinajstić information content (AvgIpc) is 2.86. The quantitative estimate of drug-likeness (QED) is 0.460. The van der Waals surface area contributed by atoms with Gasteiger partial charge in [-0.3, -0.25) is 0 Å². The molecule has 0 fully saturated rings. The van der Waals surface area contributed by atoms with Gasteiger partial charge in [0, 0.05) is 0 Å². The molecule has 1 aliphatic rings. The number of aliphatic hydroxyl groups is 2. The minimum absolute atomic E-state index is 0.267. The predicted molar refractivity (Wildman–Crippen MR) is 126 cm³/mol. The molecule has 0 radical (unpaired) electrons. The summed E-state index contributed by atoms with van der Waals surface area (Å²) in [5, 5.41) is 21.3. The number of hydrogen-bond acceptors (Lipinski definition) is 5. The molecule has 0 aromatic heterocycles. The Balaban J connectivity index is 1.48. The zero-order chi connectivity index (χ0) is 22.9. The molecular formula is C28H30O5. The van der Waals surface area contributed by atoms with Crippen LogP contribution in [0.2, 0.25) is 0 Å². The highest BCUT2D eigenvalue weighted by molar-refractivity contribution is 5.23. The third-order valence-corrected chi connectivity index (χ3v) is 5.67. The molecule has 0 bridgehead atoms. The summed E-state index contributed by atoms with van der Waals surface area (Å²) >= 11 is 0. The van der Waals surface area contributed by atoms with Crippen LogP contribution in [0.1, 0.15) is 16.7 Å². The molecule has 5 heteroatoms. The maximum absolute atomic E-state index is 10.8. The van der Waals surface area contributed by atoms with E-state index in [1.54, 1.807) is 6.08 Å². The van der Waals surface area contributed by atoms with Crippen molar-refractivity contribution in [2.45, 2.75) is 44.2 Å². The molecule has 172 valence electrons. The smallest absolute Gasteiger partial charge is 0.117 e. The highest BCUT2D eigenvalue weighted by Gasteiger charge is 2.40. The van der Waals surface area contributed by atoms with Gasteiger partial charge in [-0.2, -0.15) is 0 Å². The van der Waals surface area contributed by atoms with E-state index in [4.69, 9.17) is 14.2 Å². The van der Waals surface area contributed by atoms with Crippen molar-refractivity contribution in [3.05, 3.63) is 119 Å². The Kier molecular flexibility index (Phi) is 8.41. The van der Waals surface area contributed by atoms with E-state index in [1.165, 1.54) is 0 Å². The van der Waals surface area contributed by atoms with E-state index in [0.717, 1.165) is 22.3 Å². The summed E-state index contributed by atoms with van der Waals surface area (Å²) in [5.41, 5.74) is 3.83. The van der Waals surface area contributed by atoms with Gasteiger partial charge in [-0.15, -0.1) is 0 Å². The normalized spacial score (nSPS) is 22.7. The number of rotatable bonds is 10. The molecule has 1 aliphatic carbocycles. The molecule has 0 heterocycles. The molecule has 2 N–H and O–H groups in total. The first-order valence-corrected chi connectivity index (χ1v) is 11.2. The van der Waals surface area contributed by atoms with Gasteiger partial charge in [0.2, 0.25) is 0 Å². The maximum atomic E-state index is 10.8. The minimum Gasteiger partial charge on any atom is -0.387 e. The lowest BCUT2D eigenvalue weighted by atomic mass is 9.89. The zero-order valence-electron chi connectivity index (χ0n) is 18.5. The third-order valence-electron chi connectivity index (χ3n) is 5.67. The molecule has 0 spiro atoms. The number of ether oxygens (including phenoxy) is 3. The first-order valence-electron chi connectivity index (χ1n) is 11.2. The fourth-order valence-electron chi connectivity index (χ4n) is 3.90. The highest BCUT2D eigenvalue weighted by Crippen LogP contribution is 2.28. The molecule has 33 heavy (non-hydrogen) atoms. The maximum Gasteiger partial charge on any atom is 0.117 e. The summed E-state index contributed by atoms with van der Waals surface area (Å²) in [5.74, 6) is 0. The second-order valence-corrected chi connectivity index (χ2v) is 8.18. The van der Waals surface area contributed by atoms with Gasteiger partial charge in [-0.25, -0.2) is 0 Å².